The second-order valence-corrected chi connectivity index (χ2v) is 3.64. The lowest BCUT2D eigenvalue weighted by Crippen LogP contribution is -2.20. The lowest BCUT2D eigenvalue weighted by molar-refractivity contribution is 0.383. The molecule has 1 N–H and O–H groups in total. The predicted octanol–water partition coefficient (Wildman–Crippen LogP) is 0.527. The Bertz CT molecular complexity index is 496. The Hall–Kier alpha value is -1.95. The molecule has 17 heavy (non-hydrogen) atoms. The standard InChI is InChI=1S/C11H15N5O/c1-12-9(8-6-16(2)7-15-8)10-11(17-3)14-5-4-13-10/h4-7,9,12H,1-3H3. The Morgan fingerprint density at radius 3 is 2.65 bits per heavy atom. The van der Waals surface area contributed by atoms with Crippen molar-refractivity contribution >= 4 is 0 Å². The largest absolute Gasteiger partial charge is 0.480 e. The molecule has 0 amide bonds. The van der Waals surface area contributed by atoms with Gasteiger partial charge in [-0.3, -0.25) is 4.98 Å². The monoisotopic (exact) mass is 233 g/mol. The first-order valence-corrected chi connectivity index (χ1v) is 5.26. The number of ether oxygens (including phenoxy) is 1. The molecule has 0 radical (unpaired) electrons. The summed E-state index contributed by atoms with van der Waals surface area (Å²) < 4.78 is 7.10. The molecule has 2 rings (SSSR count). The molecule has 1 atom stereocenters. The highest BCUT2D eigenvalue weighted by Crippen LogP contribution is 2.24. The molecule has 0 aliphatic heterocycles. The number of aromatic nitrogens is 4. The zero-order valence-electron chi connectivity index (χ0n) is 10.1. The number of hydrogen-bond acceptors (Lipinski definition) is 5. The van der Waals surface area contributed by atoms with E-state index in [1.807, 2.05) is 24.9 Å². The van der Waals surface area contributed by atoms with Gasteiger partial charge in [-0.15, -0.1) is 0 Å². The normalized spacial score (nSPS) is 12.4. The average molecular weight is 233 g/mol. The molecule has 0 aliphatic rings. The number of hydrogen-bond donors (Lipinski definition) is 1. The molecule has 2 aromatic rings. The van der Waals surface area contributed by atoms with Gasteiger partial charge in [0.15, 0.2) is 0 Å². The van der Waals surface area contributed by atoms with E-state index in [4.69, 9.17) is 4.74 Å². The Morgan fingerprint density at radius 1 is 1.29 bits per heavy atom. The van der Waals surface area contributed by atoms with Crippen molar-refractivity contribution < 1.29 is 4.74 Å². The van der Waals surface area contributed by atoms with Crippen LogP contribution >= 0.6 is 0 Å². The van der Waals surface area contributed by atoms with Crippen molar-refractivity contribution in [3.8, 4) is 5.88 Å². The highest BCUT2D eigenvalue weighted by Gasteiger charge is 2.20. The van der Waals surface area contributed by atoms with Crippen LogP contribution in [0, 0.1) is 0 Å². The minimum atomic E-state index is -0.125. The summed E-state index contributed by atoms with van der Waals surface area (Å²) in [5.74, 6) is 0.512. The molecule has 0 spiro atoms. The molecule has 0 saturated heterocycles. The summed E-state index contributed by atoms with van der Waals surface area (Å²) in [6.07, 6.45) is 6.94. The van der Waals surface area contributed by atoms with E-state index in [2.05, 4.69) is 20.3 Å². The van der Waals surface area contributed by atoms with E-state index in [1.165, 1.54) is 0 Å². The zero-order valence-corrected chi connectivity index (χ0v) is 10.1. The number of methoxy groups -OCH3 is 1. The molecular weight excluding hydrogens is 218 g/mol. The van der Waals surface area contributed by atoms with Gasteiger partial charge in [0.1, 0.15) is 5.69 Å². The third-order valence-electron chi connectivity index (χ3n) is 2.47. The van der Waals surface area contributed by atoms with Gasteiger partial charge in [0, 0.05) is 25.6 Å². The number of aryl methyl sites for hydroxylation is 1. The maximum atomic E-state index is 5.21. The highest BCUT2D eigenvalue weighted by atomic mass is 16.5. The van der Waals surface area contributed by atoms with Gasteiger partial charge in [-0.25, -0.2) is 9.97 Å². The highest BCUT2D eigenvalue weighted by molar-refractivity contribution is 5.28. The molecule has 0 bridgehead atoms. The summed E-state index contributed by atoms with van der Waals surface area (Å²) >= 11 is 0. The van der Waals surface area contributed by atoms with Crippen molar-refractivity contribution in [1.82, 2.24) is 24.8 Å². The number of nitrogens with one attached hydrogen (secondary N) is 1. The number of imidazole rings is 1. The first-order chi connectivity index (χ1) is 8.26. The molecule has 0 aliphatic carbocycles. The minimum Gasteiger partial charge on any atom is -0.480 e. The van der Waals surface area contributed by atoms with E-state index in [1.54, 1.807) is 25.8 Å². The van der Waals surface area contributed by atoms with Crippen LogP contribution in [-0.2, 0) is 7.05 Å². The smallest absolute Gasteiger partial charge is 0.237 e. The van der Waals surface area contributed by atoms with E-state index < -0.39 is 0 Å². The summed E-state index contributed by atoms with van der Waals surface area (Å²) in [5, 5.41) is 3.16. The Kier molecular flexibility index (Phi) is 3.34. The lowest BCUT2D eigenvalue weighted by Gasteiger charge is -2.15. The first-order valence-electron chi connectivity index (χ1n) is 5.26. The van der Waals surface area contributed by atoms with Gasteiger partial charge in [-0.1, -0.05) is 0 Å². The van der Waals surface area contributed by atoms with E-state index >= 15 is 0 Å². The second-order valence-electron chi connectivity index (χ2n) is 3.64. The van der Waals surface area contributed by atoms with E-state index in [0.717, 1.165) is 11.4 Å². The molecule has 1 unspecified atom stereocenters. The molecule has 0 saturated carbocycles. The molecule has 0 aromatic carbocycles. The van der Waals surface area contributed by atoms with Crippen molar-refractivity contribution in [3.05, 3.63) is 36.3 Å². The summed E-state index contributed by atoms with van der Waals surface area (Å²) in [4.78, 5) is 12.8. The van der Waals surface area contributed by atoms with Crippen molar-refractivity contribution in [2.45, 2.75) is 6.04 Å². The lowest BCUT2D eigenvalue weighted by atomic mass is 10.1. The van der Waals surface area contributed by atoms with Crippen LogP contribution in [0.4, 0.5) is 0 Å². The topological polar surface area (TPSA) is 64.9 Å². The van der Waals surface area contributed by atoms with Gasteiger partial charge in [0.25, 0.3) is 0 Å². The molecular formula is C11H15N5O. The zero-order chi connectivity index (χ0) is 12.3. The van der Waals surface area contributed by atoms with Crippen molar-refractivity contribution in [2.75, 3.05) is 14.2 Å². The van der Waals surface area contributed by atoms with Crippen LogP contribution in [0.25, 0.3) is 0 Å². The molecule has 2 heterocycles. The van der Waals surface area contributed by atoms with Gasteiger partial charge in [0.05, 0.1) is 25.2 Å². The molecule has 6 nitrogen and oxygen atoms in total. The van der Waals surface area contributed by atoms with Crippen LogP contribution in [0.3, 0.4) is 0 Å². The third kappa shape index (κ3) is 2.26. The summed E-state index contributed by atoms with van der Waals surface area (Å²) in [5.41, 5.74) is 1.62. The minimum absolute atomic E-state index is 0.125. The fourth-order valence-corrected chi connectivity index (χ4v) is 1.70. The van der Waals surface area contributed by atoms with Crippen molar-refractivity contribution in [2.24, 2.45) is 7.05 Å². The fraction of sp³-hybridized carbons (Fsp3) is 0.364. The molecule has 2 aromatic heterocycles. The fourth-order valence-electron chi connectivity index (χ4n) is 1.70. The van der Waals surface area contributed by atoms with E-state index in [-0.39, 0.29) is 6.04 Å². The summed E-state index contributed by atoms with van der Waals surface area (Å²) in [6.45, 7) is 0. The van der Waals surface area contributed by atoms with Gasteiger partial charge in [0.2, 0.25) is 5.88 Å². The van der Waals surface area contributed by atoms with Crippen LogP contribution in [0.15, 0.2) is 24.9 Å². The summed E-state index contributed by atoms with van der Waals surface area (Å²) in [7, 11) is 5.36. The maximum Gasteiger partial charge on any atom is 0.237 e. The molecule has 6 heteroatoms. The van der Waals surface area contributed by atoms with Crippen LogP contribution in [0.5, 0.6) is 5.88 Å². The van der Waals surface area contributed by atoms with E-state index in [0.29, 0.717) is 5.88 Å². The average Bonchev–Trinajstić information content (AvgIpc) is 2.77. The Labute approximate surface area is 99.7 Å². The second kappa shape index (κ2) is 4.92. The van der Waals surface area contributed by atoms with Crippen molar-refractivity contribution in [3.63, 3.8) is 0 Å². The van der Waals surface area contributed by atoms with Gasteiger partial charge in [-0.05, 0) is 7.05 Å². The Morgan fingerprint density at radius 2 is 2.06 bits per heavy atom. The molecule has 0 fully saturated rings. The number of rotatable bonds is 4. The van der Waals surface area contributed by atoms with Crippen LogP contribution in [-0.4, -0.2) is 33.7 Å². The summed E-state index contributed by atoms with van der Waals surface area (Å²) in [6, 6.07) is -0.125. The van der Waals surface area contributed by atoms with Crippen molar-refractivity contribution in [1.29, 1.82) is 0 Å². The number of nitrogens with zero attached hydrogens (tertiary/aromatic N) is 4. The molecule has 90 valence electrons. The van der Waals surface area contributed by atoms with Gasteiger partial charge < -0.3 is 14.6 Å². The predicted molar refractivity (Wildman–Crippen MR) is 62.7 cm³/mol. The first kappa shape index (κ1) is 11.5. The van der Waals surface area contributed by atoms with Gasteiger partial charge in [-0.2, -0.15) is 0 Å². The quantitative estimate of drug-likeness (QED) is 0.834. The van der Waals surface area contributed by atoms with Crippen LogP contribution in [0.2, 0.25) is 0 Å². The SMILES string of the molecule is CNC(c1cn(C)cn1)c1nccnc1OC. The maximum absolute atomic E-state index is 5.21. The van der Waals surface area contributed by atoms with E-state index in [9.17, 15) is 0 Å². The van der Waals surface area contributed by atoms with Crippen LogP contribution < -0.4 is 10.1 Å². The van der Waals surface area contributed by atoms with Crippen LogP contribution in [0.1, 0.15) is 17.4 Å². The Balaban J connectivity index is 2.41. The van der Waals surface area contributed by atoms with Gasteiger partial charge >= 0.3 is 0 Å². The third-order valence-corrected chi connectivity index (χ3v) is 2.47.